The number of hydrogen-bond acceptors (Lipinski definition) is 4. The van der Waals surface area contributed by atoms with Gasteiger partial charge in [0.15, 0.2) is 5.78 Å². The predicted molar refractivity (Wildman–Crippen MR) is 84.2 cm³/mol. The Balaban J connectivity index is 2.14. The summed E-state index contributed by atoms with van der Waals surface area (Å²) in [6.07, 6.45) is 3.40. The number of carbonyl (C=O) groups is 2. The molecule has 1 saturated heterocycles. The number of carbonyl (C=O) groups excluding carboxylic acids is 2. The van der Waals surface area contributed by atoms with Crippen LogP contribution in [0.2, 0.25) is 0 Å². The molecule has 1 aromatic rings. The second-order valence-corrected chi connectivity index (χ2v) is 6.13. The van der Waals surface area contributed by atoms with Crippen LogP contribution >= 0.6 is 0 Å². The molecule has 0 aliphatic carbocycles. The first-order valence-corrected chi connectivity index (χ1v) is 7.47. The van der Waals surface area contributed by atoms with E-state index in [1.54, 1.807) is 6.08 Å². The lowest BCUT2D eigenvalue weighted by molar-refractivity contribution is -0.138. The van der Waals surface area contributed by atoms with E-state index in [0.29, 0.717) is 0 Å². The van der Waals surface area contributed by atoms with Crippen LogP contribution in [0.3, 0.4) is 0 Å². The zero-order chi connectivity index (χ0) is 16.2. The number of Topliss-reactive ketones (excluding diaryl/α,β-unsaturated/α-hetero) is 1. The van der Waals surface area contributed by atoms with Crippen LogP contribution < -0.4 is 0 Å². The predicted octanol–water partition coefficient (Wildman–Crippen LogP) is 3.16. The Hall–Kier alpha value is -1.94. The fraction of sp³-hybridized carbons (Fsp3) is 0.444. The Morgan fingerprint density at radius 1 is 1.32 bits per heavy atom. The summed E-state index contributed by atoms with van der Waals surface area (Å²) in [6, 6.07) is 9.27. The summed E-state index contributed by atoms with van der Waals surface area (Å²) in [6.45, 7) is 4.02. The monoisotopic (exact) mass is 302 g/mol. The third kappa shape index (κ3) is 4.28. The highest BCUT2D eigenvalue weighted by atomic mass is 16.5. The maximum atomic E-state index is 12.5. The topological polar surface area (TPSA) is 52.6 Å². The third-order valence-corrected chi connectivity index (χ3v) is 3.78. The molecule has 0 saturated carbocycles. The molecule has 1 unspecified atom stereocenters. The van der Waals surface area contributed by atoms with Gasteiger partial charge in [-0.2, -0.15) is 0 Å². The van der Waals surface area contributed by atoms with E-state index in [-0.39, 0.29) is 29.5 Å². The van der Waals surface area contributed by atoms with Crippen LogP contribution in [-0.4, -0.2) is 30.6 Å². The molecule has 0 N–H and O–H groups in total. The van der Waals surface area contributed by atoms with E-state index in [0.717, 1.165) is 18.4 Å². The van der Waals surface area contributed by atoms with Crippen molar-refractivity contribution in [2.45, 2.75) is 44.8 Å². The number of rotatable bonds is 5. The number of esters is 1. The lowest BCUT2D eigenvalue weighted by Crippen LogP contribution is -2.23. The van der Waals surface area contributed by atoms with E-state index in [4.69, 9.17) is 9.47 Å². The van der Waals surface area contributed by atoms with Gasteiger partial charge in [0.1, 0.15) is 5.57 Å². The quantitative estimate of drug-likeness (QED) is 0.363. The van der Waals surface area contributed by atoms with Crippen molar-refractivity contribution in [3.8, 4) is 0 Å². The van der Waals surface area contributed by atoms with Gasteiger partial charge in [0.2, 0.25) is 0 Å². The van der Waals surface area contributed by atoms with Crippen LogP contribution in [0.4, 0.5) is 0 Å². The summed E-state index contributed by atoms with van der Waals surface area (Å²) in [5.41, 5.74) is 0.672. The van der Waals surface area contributed by atoms with Crippen LogP contribution in [-0.2, 0) is 19.1 Å². The highest BCUT2D eigenvalue weighted by molar-refractivity contribution is 6.20. The van der Waals surface area contributed by atoms with Crippen molar-refractivity contribution < 1.29 is 19.1 Å². The van der Waals surface area contributed by atoms with Crippen LogP contribution in [0.5, 0.6) is 0 Å². The van der Waals surface area contributed by atoms with E-state index >= 15 is 0 Å². The van der Waals surface area contributed by atoms with E-state index in [1.807, 2.05) is 44.2 Å². The first-order valence-electron chi connectivity index (χ1n) is 7.47. The number of methoxy groups -OCH3 is 1. The molecule has 0 radical (unpaired) electrons. The molecule has 1 fully saturated rings. The molecule has 0 aromatic heterocycles. The summed E-state index contributed by atoms with van der Waals surface area (Å²) in [4.78, 5) is 24.4. The molecule has 2 rings (SSSR count). The van der Waals surface area contributed by atoms with Gasteiger partial charge in [-0.1, -0.05) is 30.3 Å². The van der Waals surface area contributed by atoms with Gasteiger partial charge >= 0.3 is 5.97 Å². The smallest absolute Gasteiger partial charge is 0.341 e. The first kappa shape index (κ1) is 16.4. The highest BCUT2D eigenvalue weighted by Gasteiger charge is 2.34. The first-order chi connectivity index (χ1) is 10.4. The molecular formula is C18H22O4. The molecule has 1 aliphatic rings. The summed E-state index contributed by atoms with van der Waals surface area (Å²) in [7, 11) is 1.28. The number of hydrogen-bond donors (Lipinski definition) is 0. The van der Waals surface area contributed by atoms with Crippen molar-refractivity contribution in [2.75, 3.05) is 7.11 Å². The summed E-state index contributed by atoms with van der Waals surface area (Å²) < 4.78 is 10.6. The van der Waals surface area contributed by atoms with Crippen molar-refractivity contribution in [3.05, 3.63) is 41.5 Å². The third-order valence-electron chi connectivity index (χ3n) is 3.78. The van der Waals surface area contributed by atoms with Gasteiger partial charge in [-0.25, -0.2) is 4.79 Å². The summed E-state index contributed by atoms with van der Waals surface area (Å²) in [5, 5.41) is 0. The van der Waals surface area contributed by atoms with Gasteiger partial charge in [0, 0.05) is 6.42 Å². The molecule has 0 bridgehead atoms. The molecule has 4 nitrogen and oxygen atoms in total. The van der Waals surface area contributed by atoms with E-state index in [9.17, 15) is 9.59 Å². The maximum Gasteiger partial charge on any atom is 0.341 e. The van der Waals surface area contributed by atoms with Gasteiger partial charge in [-0.05, 0) is 38.3 Å². The molecule has 1 aromatic carbocycles. The molecule has 4 heteroatoms. The summed E-state index contributed by atoms with van der Waals surface area (Å²) in [5.74, 6) is -0.843. The molecule has 0 amide bonds. The Bertz CT molecular complexity index is 572. The molecule has 22 heavy (non-hydrogen) atoms. The van der Waals surface area contributed by atoms with Gasteiger partial charge < -0.3 is 9.47 Å². The molecular weight excluding hydrogens is 280 g/mol. The Kier molecular flexibility index (Phi) is 5.14. The molecule has 118 valence electrons. The minimum atomic E-state index is -0.605. The van der Waals surface area contributed by atoms with Crippen molar-refractivity contribution >= 4 is 17.8 Å². The molecule has 0 spiro atoms. The Labute approximate surface area is 131 Å². The van der Waals surface area contributed by atoms with E-state index in [1.165, 1.54) is 7.11 Å². The molecule has 1 aliphatic heterocycles. The average molecular weight is 302 g/mol. The average Bonchev–Trinajstić information content (AvgIpc) is 2.83. The second-order valence-electron chi connectivity index (χ2n) is 6.13. The SMILES string of the molecule is COC(=O)/C(=C\c1ccccc1)C(=O)CC1CCC(C)(C)O1. The largest absolute Gasteiger partial charge is 0.465 e. The Morgan fingerprint density at radius 2 is 2.00 bits per heavy atom. The van der Waals surface area contributed by atoms with Crippen molar-refractivity contribution in [1.29, 1.82) is 0 Å². The molecule has 1 atom stereocenters. The Morgan fingerprint density at radius 3 is 2.55 bits per heavy atom. The number of ether oxygens (including phenoxy) is 2. The minimum absolute atomic E-state index is 0.0713. The van der Waals surface area contributed by atoms with Gasteiger partial charge in [-0.15, -0.1) is 0 Å². The minimum Gasteiger partial charge on any atom is -0.465 e. The fourth-order valence-electron chi connectivity index (χ4n) is 2.62. The molecule has 1 heterocycles. The van der Waals surface area contributed by atoms with Gasteiger partial charge in [0.25, 0.3) is 0 Å². The van der Waals surface area contributed by atoms with Crippen LogP contribution in [0, 0.1) is 0 Å². The fourth-order valence-corrected chi connectivity index (χ4v) is 2.62. The second kappa shape index (κ2) is 6.88. The lowest BCUT2D eigenvalue weighted by Gasteiger charge is -2.19. The zero-order valence-corrected chi connectivity index (χ0v) is 13.3. The standard InChI is InChI=1S/C18H22O4/c1-18(2)10-9-14(22-18)12-16(19)15(17(20)21-3)11-13-7-5-4-6-8-13/h4-8,11,14H,9-10,12H2,1-3H3/b15-11-. The van der Waals surface area contributed by atoms with E-state index < -0.39 is 5.97 Å². The highest BCUT2D eigenvalue weighted by Crippen LogP contribution is 2.31. The van der Waals surface area contributed by atoms with Crippen LogP contribution in [0.25, 0.3) is 6.08 Å². The van der Waals surface area contributed by atoms with Crippen LogP contribution in [0.1, 0.15) is 38.7 Å². The van der Waals surface area contributed by atoms with Crippen molar-refractivity contribution in [1.82, 2.24) is 0 Å². The number of ketones is 1. The van der Waals surface area contributed by atoms with Crippen molar-refractivity contribution in [3.63, 3.8) is 0 Å². The normalized spacial score (nSPS) is 20.7. The maximum absolute atomic E-state index is 12.5. The van der Waals surface area contributed by atoms with Crippen molar-refractivity contribution in [2.24, 2.45) is 0 Å². The lowest BCUT2D eigenvalue weighted by atomic mass is 10.00. The number of benzene rings is 1. The van der Waals surface area contributed by atoms with Gasteiger partial charge in [-0.3, -0.25) is 4.79 Å². The van der Waals surface area contributed by atoms with E-state index in [2.05, 4.69) is 0 Å². The summed E-state index contributed by atoms with van der Waals surface area (Å²) >= 11 is 0. The van der Waals surface area contributed by atoms with Crippen LogP contribution in [0.15, 0.2) is 35.9 Å². The zero-order valence-electron chi connectivity index (χ0n) is 13.3. The van der Waals surface area contributed by atoms with Gasteiger partial charge in [0.05, 0.1) is 18.8 Å².